The van der Waals surface area contributed by atoms with Crippen LogP contribution in [-0.4, -0.2) is 24.5 Å². The number of imide groups is 1. The molecule has 1 aromatic carbocycles. The summed E-state index contributed by atoms with van der Waals surface area (Å²) in [6, 6.07) is 3.67. The molecular weight excluding hydrogens is 281 g/mol. The first-order valence-corrected chi connectivity index (χ1v) is 5.59. The highest BCUT2D eigenvalue weighted by Gasteiger charge is 2.39. The van der Waals surface area contributed by atoms with Gasteiger partial charge in [0, 0.05) is 10.0 Å². The monoisotopic (exact) mass is 287 g/mol. The minimum absolute atomic E-state index is 0.241. The van der Waals surface area contributed by atoms with Crippen molar-refractivity contribution in [3.63, 3.8) is 0 Å². The number of carbonyl (C=O) groups excluding carboxylic acids is 3. The molecule has 4 amide bonds. The Balaban J connectivity index is 2.35. The molecule has 1 aromatic rings. The maximum absolute atomic E-state index is 11.9. The third kappa shape index (κ3) is 2.25. The van der Waals surface area contributed by atoms with Gasteiger partial charge < -0.3 is 10.6 Å². The number of carbonyl (C=O) groups is 3. The van der Waals surface area contributed by atoms with Gasteiger partial charge in [0.05, 0.1) is 5.69 Å². The van der Waals surface area contributed by atoms with Gasteiger partial charge in [-0.05, 0) is 18.2 Å². The van der Waals surface area contributed by atoms with Gasteiger partial charge >= 0.3 is 6.03 Å². The van der Waals surface area contributed by atoms with E-state index in [1.165, 1.54) is 18.2 Å². The SMILES string of the molecule is O=CNC1NC(=O)N(c2cc(Cl)cc(Cl)c2)C1=O. The summed E-state index contributed by atoms with van der Waals surface area (Å²) in [6.45, 7) is 0. The van der Waals surface area contributed by atoms with Crippen LogP contribution in [0, 0.1) is 0 Å². The molecule has 1 unspecified atom stereocenters. The van der Waals surface area contributed by atoms with Crippen LogP contribution in [0.5, 0.6) is 0 Å². The van der Waals surface area contributed by atoms with Crippen LogP contribution in [0.1, 0.15) is 0 Å². The lowest BCUT2D eigenvalue weighted by Crippen LogP contribution is -2.42. The molecule has 0 spiro atoms. The quantitative estimate of drug-likeness (QED) is 0.646. The van der Waals surface area contributed by atoms with E-state index in [9.17, 15) is 14.4 Å². The van der Waals surface area contributed by atoms with E-state index in [0.717, 1.165) is 4.90 Å². The topological polar surface area (TPSA) is 78.5 Å². The van der Waals surface area contributed by atoms with E-state index >= 15 is 0 Å². The Kier molecular flexibility index (Phi) is 3.40. The molecule has 8 heteroatoms. The molecule has 0 bridgehead atoms. The van der Waals surface area contributed by atoms with Crippen molar-refractivity contribution >= 4 is 47.2 Å². The van der Waals surface area contributed by atoms with E-state index in [1.807, 2.05) is 0 Å². The Morgan fingerprint density at radius 3 is 2.39 bits per heavy atom. The van der Waals surface area contributed by atoms with Gasteiger partial charge in [-0.15, -0.1) is 0 Å². The third-order valence-electron chi connectivity index (χ3n) is 2.28. The predicted octanol–water partition coefficient (Wildman–Crippen LogP) is 1.12. The molecule has 94 valence electrons. The van der Waals surface area contributed by atoms with Crippen LogP contribution in [0.4, 0.5) is 10.5 Å². The largest absolute Gasteiger partial charge is 0.331 e. The van der Waals surface area contributed by atoms with Gasteiger partial charge in [-0.25, -0.2) is 9.69 Å². The fourth-order valence-corrected chi connectivity index (χ4v) is 2.09. The highest BCUT2D eigenvalue weighted by Crippen LogP contribution is 2.27. The average Bonchev–Trinajstić information content (AvgIpc) is 2.53. The number of benzene rings is 1. The van der Waals surface area contributed by atoms with Gasteiger partial charge in [0.25, 0.3) is 5.91 Å². The van der Waals surface area contributed by atoms with Crippen LogP contribution < -0.4 is 15.5 Å². The Hall–Kier alpha value is -1.79. The zero-order chi connectivity index (χ0) is 13.3. The minimum atomic E-state index is -1.08. The Bertz CT molecular complexity index is 515. The van der Waals surface area contributed by atoms with Crippen molar-refractivity contribution in [3.05, 3.63) is 28.2 Å². The van der Waals surface area contributed by atoms with Crippen molar-refractivity contribution in [1.29, 1.82) is 0 Å². The number of hydrogen-bond donors (Lipinski definition) is 2. The molecule has 1 heterocycles. The zero-order valence-corrected chi connectivity index (χ0v) is 10.3. The van der Waals surface area contributed by atoms with E-state index in [0.29, 0.717) is 16.5 Å². The molecule has 2 rings (SSSR count). The summed E-state index contributed by atoms with van der Waals surface area (Å²) in [6.07, 6.45) is -0.745. The lowest BCUT2D eigenvalue weighted by atomic mass is 10.3. The standard InChI is InChI=1S/C10H7Cl2N3O3/c11-5-1-6(12)3-7(2-5)15-9(17)8(13-4-16)14-10(15)18/h1-4,8H,(H,13,16)(H,14,18). The zero-order valence-electron chi connectivity index (χ0n) is 8.81. The molecule has 18 heavy (non-hydrogen) atoms. The number of hydrogen-bond acceptors (Lipinski definition) is 3. The summed E-state index contributed by atoms with van der Waals surface area (Å²) < 4.78 is 0. The van der Waals surface area contributed by atoms with Crippen molar-refractivity contribution < 1.29 is 14.4 Å². The van der Waals surface area contributed by atoms with E-state index in [-0.39, 0.29) is 5.69 Å². The highest BCUT2D eigenvalue weighted by atomic mass is 35.5. The minimum Gasteiger partial charge on any atom is -0.331 e. The van der Waals surface area contributed by atoms with Crippen LogP contribution in [0.15, 0.2) is 18.2 Å². The van der Waals surface area contributed by atoms with Gasteiger partial charge in [-0.3, -0.25) is 9.59 Å². The smallest absolute Gasteiger partial charge is 0.330 e. The molecule has 6 nitrogen and oxygen atoms in total. The number of anilines is 1. The maximum atomic E-state index is 11.9. The van der Waals surface area contributed by atoms with E-state index in [1.54, 1.807) is 0 Å². The second-order valence-electron chi connectivity index (χ2n) is 3.47. The Labute approximate surface area is 112 Å². The van der Waals surface area contributed by atoms with E-state index in [2.05, 4.69) is 10.6 Å². The lowest BCUT2D eigenvalue weighted by molar-refractivity contribution is -0.121. The van der Waals surface area contributed by atoms with Crippen LogP contribution in [0.3, 0.4) is 0 Å². The first kappa shape index (κ1) is 12.7. The summed E-state index contributed by atoms with van der Waals surface area (Å²) in [4.78, 5) is 34.7. The van der Waals surface area contributed by atoms with E-state index in [4.69, 9.17) is 23.2 Å². The molecule has 1 aliphatic rings. The molecule has 0 aliphatic carbocycles. The fraction of sp³-hybridized carbons (Fsp3) is 0.100. The number of nitrogens with zero attached hydrogens (tertiary/aromatic N) is 1. The second kappa shape index (κ2) is 4.83. The van der Waals surface area contributed by atoms with Crippen molar-refractivity contribution in [1.82, 2.24) is 10.6 Å². The van der Waals surface area contributed by atoms with Gasteiger partial charge in [-0.2, -0.15) is 0 Å². The first-order chi connectivity index (χ1) is 8.52. The van der Waals surface area contributed by atoms with Crippen molar-refractivity contribution in [3.8, 4) is 0 Å². The molecule has 0 aromatic heterocycles. The lowest BCUT2D eigenvalue weighted by Gasteiger charge is -2.13. The summed E-state index contributed by atoms with van der Waals surface area (Å²) >= 11 is 11.6. The molecule has 0 radical (unpaired) electrons. The number of nitrogens with one attached hydrogen (secondary N) is 2. The fourth-order valence-electron chi connectivity index (χ4n) is 1.57. The number of rotatable bonds is 3. The molecule has 1 atom stereocenters. The van der Waals surface area contributed by atoms with Gasteiger partial charge in [0.1, 0.15) is 0 Å². The summed E-state index contributed by atoms with van der Waals surface area (Å²) in [5.41, 5.74) is 0.241. The maximum Gasteiger partial charge on any atom is 0.330 e. The molecule has 1 fully saturated rings. The van der Waals surface area contributed by atoms with Crippen molar-refractivity contribution in [2.75, 3.05) is 4.90 Å². The second-order valence-corrected chi connectivity index (χ2v) is 4.34. The molecule has 2 N–H and O–H groups in total. The summed E-state index contributed by atoms with van der Waals surface area (Å²) in [7, 11) is 0. The molecule has 1 aliphatic heterocycles. The van der Waals surface area contributed by atoms with Crippen molar-refractivity contribution in [2.45, 2.75) is 6.17 Å². The Morgan fingerprint density at radius 1 is 1.22 bits per heavy atom. The van der Waals surface area contributed by atoms with Gasteiger partial charge in [-0.1, -0.05) is 23.2 Å². The molecular formula is C10H7Cl2N3O3. The normalized spacial score (nSPS) is 18.8. The number of halogens is 2. The van der Waals surface area contributed by atoms with Gasteiger partial charge in [0.2, 0.25) is 6.41 Å². The van der Waals surface area contributed by atoms with Crippen molar-refractivity contribution in [2.24, 2.45) is 0 Å². The summed E-state index contributed by atoms with van der Waals surface area (Å²) in [5, 5.41) is 5.08. The number of amides is 4. The number of urea groups is 1. The highest BCUT2D eigenvalue weighted by molar-refractivity contribution is 6.35. The van der Waals surface area contributed by atoms with Crippen LogP contribution >= 0.6 is 23.2 Å². The summed E-state index contributed by atoms with van der Waals surface area (Å²) in [5.74, 6) is -0.606. The average molecular weight is 288 g/mol. The van der Waals surface area contributed by atoms with E-state index < -0.39 is 18.1 Å². The van der Waals surface area contributed by atoms with Crippen LogP contribution in [0.2, 0.25) is 10.0 Å². The predicted molar refractivity (Wildman–Crippen MR) is 65.5 cm³/mol. The molecule has 1 saturated heterocycles. The van der Waals surface area contributed by atoms with Crippen LogP contribution in [-0.2, 0) is 9.59 Å². The van der Waals surface area contributed by atoms with Gasteiger partial charge in [0.15, 0.2) is 6.17 Å². The van der Waals surface area contributed by atoms with Crippen LogP contribution in [0.25, 0.3) is 0 Å². The molecule has 0 saturated carbocycles. The third-order valence-corrected chi connectivity index (χ3v) is 2.71. The first-order valence-electron chi connectivity index (χ1n) is 4.83. The Morgan fingerprint density at radius 2 is 1.83 bits per heavy atom.